The average molecular weight is 383 g/mol. The molecule has 1 fully saturated rings. The topological polar surface area (TPSA) is 77.8 Å². The number of nitrogens with two attached hydrogens (primary N) is 1. The van der Waals surface area contributed by atoms with E-state index in [4.69, 9.17) is 21.9 Å². The monoisotopic (exact) mass is 382 g/mol. The first kappa shape index (κ1) is 17.4. The summed E-state index contributed by atoms with van der Waals surface area (Å²) < 4.78 is 5.38. The van der Waals surface area contributed by atoms with Gasteiger partial charge < -0.3 is 10.3 Å². The summed E-state index contributed by atoms with van der Waals surface area (Å²) in [5, 5.41) is 7.54. The fourth-order valence-corrected chi connectivity index (χ4v) is 3.87. The van der Waals surface area contributed by atoms with Crippen molar-refractivity contribution in [3.8, 4) is 22.2 Å². The van der Waals surface area contributed by atoms with Crippen LogP contribution < -0.4 is 5.73 Å². The predicted octanol–water partition coefficient (Wildman–Crippen LogP) is 4.66. The standard InChI is InChI=1S/C16H15ClN4OS.ClH/c17-11-5-3-4-10(8-11)14-19-12(9-23-14)13-20-15(21-22-13)16(18)6-1-2-7-16;/h3-5,8-9H,1-2,6-7,18H2;1H. The van der Waals surface area contributed by atoms with Gasteiger partial charge in [0.2, 0.25) is 0 Å². The van der Waals surface area contributed by atoms with Gasteiger partial charge in [-0.05, 0) is 25.0 Å². The third kappa shape index (κ3) is 3.19. The number of benzene rings is 1. The van der Waals surface area contributed by atoms with E-state index in [9.17, 15) is 0 Å². The maximum absolute atomic E-state index is 6.37. The van der Waals surface area contributed by atoms with Crippen LogP contribution in [0.4, 0.5) is 0 Å². The number of halogens is 2. The molecule has 0 amide bonds. The van der Waals surface area contributed by atoms with Crippen LogP contribution in [0.1, 0.15) is 31.5 Å². The van der Waals surface area contributed by atoms with E-state index in [1.165, 1.54) is 11.3 Å². The number of hydrogen-bond donors (Lipinski definition) is 1. The smallest absolute Gasteiger partial charge is 0.277 e. The third-order valence-corrected chi connectivity index (χ3v) is 5.29. The number of aromatic nitrogens is 3. The van der Waals surface area contributed by atoms with Crippen molar-refractivity contribution < 1.29 is 4.52 Å². The zero-order valence-electron chi connectivity index (χ0n) is 12.7. The van der Waals surface area contributed by atoms with Crippen LogP contribution in [0.2, 0.25) is 5.02 Å². The van der Waals surface area contributed by atoms with Gasteiger partial charge in [0, 0.05) is 16.0 Å². The first-order valence-electron chi connectivity index (χ1n) is 7.49. The van der Waals surface area contributed by atoms with Crippen LogP contribution in [0.25, 0.3) is 22.2 Å². The van der Waals surface area contributed by atoms with Crippen LogP contribution in [-0.4, -0.2) is 15.1 Å². The second kappa shape index (κ2) is 6.80. The normalized spacial score (nSPS) is 16.1. The van der Waals surface area contributed by atoms with Gasteiger partial charge in [0.05, 0.1) is 5.54 Å². The van der Waals surface area contributed by atoms with Crippen molar-refractivity contribution in [2.75, 3.05) is 0 Å². The largest absolute Gasteiger partial charge is 0.332 e. The van der Waals surface area contributed by atoms with E-state index in [2.05, 4.69) is 15.1 Å². The third-order valence-electron chi connectivity index (χ3n) is 4.16. The van der Waals surface area contributed by atoms with Gasteiger partial charge in [0.25, 0.3) is 5.89 Å². The molecule has 1 aliphatic carbocycles. The highest BCUT2D eigenvalue weighted by atomic mass is 35.5. The first-order valence-corrected chi connectivity index (χ1v) is 8.75. The lowest BCUT2D eigenvalue weighted by molar-refractivity contribution is 0.372. The van der Waals surface area contributed by atoms with Gasteiger partial charge in [0.1, 0.15) is 10.7 Å². The van der Waals surface area contributed by atoms with Gasteiger partial charge in [0.15, 0.2) is 5.82 Å². The lowest BCUT2D eigenvalue weighted by Crippen LogP contribution is -2.34. The summed E-state index contributed by atoms with van der Waals surface area (Å²) in [6, 6.07) is 7.60. The van der Waals surface area contributed by atoms with E-state index in [1.54, 1.807) is 0 Å². The van der Waals surface area contributed by atoms with Crippen LogP contribution in [-0.2, 0) is 5.54 Å². The summed E-state index contributed by atoms with van der Waals surface area (Å²) >= 11 is 7.55. The van der Waals surface area contributed by atoms with Crippen molar-refractivity contribution in [2.45, 2.75) is 31.2 Å². The molecule has 3 aromatic rings. The van der Waals surface area contributed by atoms with Crippen LogP contribution in [0.3, 0.4) is 0 Å². The van der Waals surface area contributed by atoms with Gasteiger partial charge in [-0.1, -0.05) is 41.7 Å². The predicted molar refractivity (Wildman–Crippen MR) is 97.4 cm³/mol. The second-order valence-electron chi connectivity index (χ2n) is 5.83. The lowest BCUT2D eigenvalue weighted by atomic mass is 9.99. The molecule has 0 unspecified atom stereocenters. The second-order valence-corrected chi connectivity index (χ2v) is 7.13. The number of hydrogen-bond acceptors (Lipinski definition) is 6. The van der Waals surface area contributed by atoms with Crippen molar-refractivity contribution >= 4 is 35.3 Å². The molecule has 24 heavy (non-hydrogen) atoms. The highest BCUT2D eigenvalue weighted by Crippen LogP contribution is 2.36. The molecule has 8 heteroatoms. The molecule has 0 atom stereocenters. The molecule has 4 rings (SSSR count). The van der Waals surface area contributed by atoms with Gasteiger partial charge >= 0.3 is 0 Å². The molecule has 5 nitrogen and oxygen atoms in total. The molecule has 0 aliphatic heterocycles. The Morgan fingerprint density at radius 3 is 2.75 bits per heavy atom. The Hall–Kier alpha value is -1.47. The lowest BCUT2D eigenvalue weighted by Gasteiger charge is -2.17. The van der Waals surface area contributed by atoms with E-state index in [-0.39, 0.29) is 12.4 Å². The van der Waals surface area contributed by atoms with Crippen LogP contribution >= 0.6 is 35.3 Å². The number of nitrogens with zero attached hydrogens (tertiary/aromatic N) is 3. The molecule has 1 aromatic carbocycles. The average Bonchev–Trinajstić information content (AvgIpc) is 3.27. The maximum Gasteiger partial charge on any atom is 0.277 e. The summed E-state index contributed by atoms with van der Waals surface area (Å²) in [7, 11) is 0. The molecule has 0 spiro atoms. The molecule has 126 valence electrons. The zero-order valence-corrected chi connectivity index (χ0v) is 15.1. The molecular weight excluding hydrogens is 367 g/mol. The minimum absolute atomic E-state index is 0. The molecule has 0 radical (unpaired) electrons. The van der Waals surface area contributed by atoms with Crippen LogP contribution in [0.15, 0.2) is 34.2 Å². The summed E-state index contributed by atoms with van der Waals surface area (Å²) in [5.74, 6) is 1.00. The quantitative estimate of drug-likeness (QED) is 0.712. The fraction of sp³-hybridized carbons (Fsp3) is 0.312. The van der Waals surface area contributed by atoms with Gasteiger partial charge in [-0.2, -0.15) is 4.98 Å². The SMILES string of the molecule is Cl.NC1(c2noc(-c3csc(-c4cccc(Cl)c4)n3)n2)CCCC1. The number of thiazole rings is 1. The summed E-state index contributed by atoms with van der Waals surface area (Å²) in [4.78, 5) is 9.05. The first-order chi connectivity index (χ1) is 11.1. The van der Waals surface area contributed by atoms with Crippen molar-refractivity contribution in [3.63, 3.8) is 0 Å². The van der Waals surface area contributed by atoms with Crippen molar-refractivity contribution in [2.24, 2.45) is 5.73 Å². The van der Waals surface area contributed by atoms with E-state index < -0.39 is 5.54 Å². The van der Waals surface area contributed by atoms with Gasteiger partial charge in [-0.3, -0.25) is 0 Å². The summed E-state index contributed by atoms with van der Waals surface area (Å²) in [6.45, 7) is 0. The van der Waals surface area contributed by atoms with E-state index in [0.29, 0.717) is 22.4 Å². The Kier molecular flexibility index (Phi) is 4.92. The molecule has 2 N–H and O–H groups in total. The maximum atomic E-state index is 6.37. The molecule has 1 saturated carbocycles. The van der Waals surface area contributed by atoms with E-state index in [0.717, 1.165) is 36.3 Å². The van der Waals surface area contributed by atoms with Crippen molar-refractivity contribution in [1.82, 2.24) is 15.1 Å². The molecule has 2 aromatic heterocycles. The van der Waals surface area contributed by atoms with Gasteiger partial charge in [-0.25, -0.2) is 4.98 Å². The highest BCUT2D eigenvalue weighted by Gasteiger charge is 2.36. The van der Waals surface area contributed by atoms with Crippen LogP contribution in [0.5, 0.6) is 0 Å². The Morgan fingerprint density at radius 1 is 1.21 bits per heavy atom. The fourth-order valence-electron chi connectivity index (χ4n) is 2.89. The van der Waals surface area contributed by atoms with Crippen molar-refractivity contribution in [1.29, 1.82) is 0 Å². The molecule has 2 heterocycles. The zero-order chi connectivity index (χ0) is 15.9. The number of rotatable bonds is 3. The Labute approximate surface area is 154 Å². The summed E-state index contributed by atoms with van der Waals surface area (Å²) in [5.41, 5.74) is 7.56. The van der Waals surface area contributed by atoms with Crippen LogP contribution in [0, 0.1) is 0 Å². The molecule has 0 bridgehead atoms. The van der Waals surface area contributed by atoms with E-state index in [1.807, 2.05) is 29.6 Å². The highest BCUT2D eigenvalue weighted by molar-refractivity contribution is 7.13. The molecule has 1 aliphatic rings. The van der Waals surface area contributed by atoms with Crippen molar-refractivity contribution in [3.05, 3.63) is 40.5 Å². The Balaban J connectivity index is 0.00000169. The minimum Gasteiger partial charge on any atom is -0.332 e. The molecular formula is C16H16Cl2N4OS. The summed E-state index contributed by atoms with van der Waals surface area (Å²) in [6.07, 6.45) is 4.01. The van der Waals surface area contributed by atoms with Gasteiger partial charge in [-0.15, -0.1) is 23.7 Å². The van der Waals surface area contributed by atoms with E-state index >= 15 is 0 Å². The Morgan fingerprint density at radius 2 is 2.00 bits per heavy atom. The Bertz CT molecular complexity index is 842. The molecule has 0 saturated heterocycles. The minimum atomic E-state index is -0.451.